The molecule has 0 saturated heterocycles. The minimum absolute atomic E-state index is 0.135. The van der Waals surface area contributed by atoms with Crippen LogP contribution in [-0.4, -0.2) is 101 Å². The van der Waals surface area contributed by atoms with Crippen molar-refractivity contribution in [1.82, 2.24) is 26.5 Å². The second kappa shape index (κ2) is 23.1. The maximum atomic E-state index is 13.2. The van der Waals surface area contributed by atoms with Crippen LogP contribution in [0.1, 0.15) is 84.0 Å². The van der Waals surface area contributed by atoms with E-state index in [1.54, 1.807) is 36.4 Å². The van der Waals surface area contributed by atoms with Gasteiger partial charge in [-0.2, -0.15) is 0 Å². The molecule has 0 aliphatic heterocycles. The highest BCUT2D eigenvalue weighted by Crippen LogP contribution is 2.28. The first-order valence-electron chi connectivity index (χ1n) is 18.0. The van der Waals surface area contributed by atoms with Crippen molar-refractivity contribution in [2.75, 3.05) is 52.6 Å². The lowest BCUT2D eigenvalue weighted by molar-refractivity contribution is -0.124. The molecule has 5 N–H and O–H groups in total. The van der Waals surface area contributed by atoms with E-state index in [1.807, 2.05) is 46.8 Å². The Kier molecular flexibility index (Phi) is 19.4. The number of rotatable bonds is 25. The Morgan fingerprint density at radius 1 is 0.604 bits per heavy atom. The molecule has 5 amide bonds. The fraction of sp³-hybridized carbons (Fsp3) is 0.553. The van der Waals surface area contributed by atoms with Gasteiger partial charge in [0.2, 0.25) is 19.8 Å². The first kappa shape index (κ1) is 44.5. The van der Waals surface area contributed by atoms with Crippen LogP contribution >= 0.6 is 0 Å². The summed E-state index contributed by atoms with van der Waals surface area (Å²) < 4.78 is 22.8. The predicted octanol–water partition coefficient (Wildman–Crippen LogP) is 2.97. The number of hydrogen-bond acceptors (Lipinski definition) is 9. The van der Waals surface area contributed by atoms with Crippen LogP contribution in [0.15, 0.2) is 42.5 Å². The number of ether oxygens (including phenoxy) is 4. The average molecular weight is 738 g/mol. The van der Waals surface area contributed by atoms with Crippen LogP contribution < -0.4 is 36.0 Å². The summed E-state index contributed by atoms with van der Waals surface area (Å²) in [7, 11) is 5.05. The SMILES string of the molecule is [B]NC(=O)CCCC(=O)NCCNC(=O)c1cc(OCC(=O)NCCC(C)(C)OCC)cc(-c2ccc(OCC(=O)NCCC(C)(C)OCC)cc2)c1. The second-order valence-electron chi connectivity index (χ2n) is 13.5. The van der Waals surface area contributed by atoms with Crippen molar-refractivity contribution < 1.29 is 42.9 Å². The summed E-state index contributed by atoms with van der Waals surface area (Å²) in [6.07, 6.45) is 1.91. The molecule has 0 bridgehead atoms. The average Bonchev–Trinajstić information content (AvgIpc) is 3.11. The Labute approximate surface area is 314 Å². The largest absolute Gasteiger partial charge is 0.484 e. The van der Waals surface area contributed by atoms with Crippen molar-refractivity contribution in [3.05, 3.63) is 48.0 Å². The molecule has 0 heterocycles. The third-order valence-electron chi connectivity index (χ3n) is 7.97. The molecule has 290 valence electrons. The molecule has 2 aromatic rings. The van der Waals surface area contributed by atoms with Crippen molar-refractivity contribution in [1.29, 1.82) is 0 Å². The zero-order valence-corrected chi connectivity index (χ0v) is 32.0. The van der Waals surface area contributed by atoms with Crippen LogP contribution in [0.25, 0.3) is 11.1 Å². The maximum Gasteiger partial charge on any atom is 0.257 e. The van der Waals surface area contributed by atoms with Crippen molar-refractivity contribution in [3.8, 4) is 22.6 Å². The third-order valence-corrected chi connectivity index (χ3v) is 7.97. The summed E-state index contributed by atoms with van der Waals surface area (Å²) in [5.74, 6) is -0.804. The molecule has 2 rings (SSSR count). The zero-order valence-electron chi connectivity index (χ0n) is 32.0. The van der Waals surface area contributed by atoms with Crippen LogP contribution in [0.5, 0.6) is 11.5 Å². The normalized spacial score (nSPS) is 11.3. The van der Waals surface area contributed by atoms with E-state index in [4.69, 9.17) is 26.9 Å². The van der Waals surface area contributed by atoms with Crippen LogP contribution in [0.4, 0.5) is 0 Å². The van der Waals surface area contributed by atoms with Gasteiger partial charge in [0, 0.05) is 57.8 Å². The highest BCUT2D eigenvalue weighted by Gasteiger charge is 2.19. The van der Waals surface area contributed by atoms with E-state index in [0.717, 1.165) is 5.56 Å². The molecule has 0 aliphatic carbocycles. The Balaban J connectivity index is 2.06. The van der Waals surface area contributed by atoms with E-state index in [0.29, 0.717) is 62.6 Å². The lowest BCUT2D eigenvalue weighted by Gasteiger charge is -2.24. The van der Waals surface area contributed by atoms with Gasteiger partial charge in [-0.3, -0.25) is 24.0 Å². The van der Waals surface area contributed by atoms with Crippen LogP contribution in [0.3, 0.4) is 0 Å². The topological polar surface area (TPSA) is 182 Å². The first-order valence-corrected chi connectivity index (χ1v) is 18.0. The molecule has 0 spiro atoms. The molecule has 15 heteroatoms. The van der Waals surface area contributed by atoms with E-state index >= 15 is 0 Å². The van der Waals surface area contributed by atoms with Gasteiger partial charge in [0.1, 0.15) is 11.5 Å². The number of amides is 5. The monoisotopic (exact) mass is 737 g/mol. The molecule has 0 fully saturated rings. The quantitative estimate of drug-likeness (QED) is 0.0756. The molecule has 0 aromatic heterocycles. The Morgan fingerprint density at radius 3 is 1.66 bits per heavy atom. The van der Waals surface area contributed by atoms with Gasteiger partial charge in [-0.05, 0) is 102 Å². The lowest BCUT2D eigenvalue weighted by Crippen LogP contribution is -2.35. The van der Waals surface area contributed by atoms with Gasteiger partial charge < -0.3 is 45.4 Å². The fourth-order valence-electron chi connectivity index (χ4n) is 5.11. The standard InChI is InChI=1S/C38H56BN5O9/c1-7-52-37(3,4)16-18-40-34(47)25-50-30-14-12-27(13-15-30)28-22-29(36(49)43-21-20-42-32(45)10-9-11-33(46)44-39)24-31(23-28)51-26-35(48)41-19-17-38(5,6)53-8-2/h12-15,22-24H,7-11,16-21,25-26H2,1-6H3,(H,40,47)(H,41,48)(H,42,45)(H,43,49)(H,44,46). The van der Waals surface area contributed by atoms with Crippen LogP contribution in [0, 0.1) is 0 Å². The first-order chi connectivity index (χ1) is 25.2. The number of carbonyl (C=O) groups is 5. The summed E-state index contributed by atoms with van der Waals surface area (Å²) in [5.41, 5.74) is 0.944. The minimum Gasteiger partial charge on any atom is -0.484 e. The van der Waals surface area contributed by atoms with Gasteiger partial charge in [0.05, 0.1) is 11.2 Å². The highest BCUT2D eigenvalue weighted by atomic mass is 16.5. The highest BCUT2D eigenvalue weighted by molar-refractivity contribution is 6.14. The molecular formula is C38H56BN5O9. The molecular weight excluding hydrogens is 681 g/mol. The van der Waals surface area contributed by atoms with Crippen molar-refractivity contribution >= 4 is 37.5 Å². The minimum atomic E-state index is -0.413. The van der Waals surface area contributed by atoms with E-state index in [9.17, 15) is 24.0 Å². The van der Waals surface area contributed by atoms with Crippen molar-refractivity contribution in [3.63, 3.8) is 0 Å². The Hall–Kier alpha value is -4.63. The number of nitrogens with one attached hydrogen (secondary N) is 5. The molecule has 0 unspecified atom stereocenters. The molecule has 14 nitrogen and oxygen atoms in total. The number of benzene rings is 2. The van der Waals surface area contributed by atoms with E-state index in [1.165, 1.54) is 6.07 Å². The summed E-state index contributed by atoms with van der Waals surface area (Å²) in [5, 5.41) is 13.2. The lowest BCUT2D eigenvalue weighted by atomic mass is 10.0. The second-order valence-corrected chi connectivity index (χ2v) is 13.5. The molecule has 2 aromatic carbocycles. The van der Waals surface area contributed by atoms with E-state index < -0.39 is 5.91 Å². The van der Waals surface area contributed by atoms with Gasteiger partial charge in [-0.15, -0.1) is 0 Å². The number of carbonyl (C=O) groups excluding carboxylic acids is 5. The maximum absolute atomic E-state index is 13.2. The number of hydrogen-bond donors (Lipinski definition) is 5. The Morgan fingerprint density at radius 2 is 1.11 bits per heavy atom. The molecule has 0 atom stereocenters. The van der Waals surface area contributed by atoms with Crippen LogP contribution in [0.2, 0.25) is 0 Å². The summed E-state index contributed by atoms with van der Waals surface area (Å²) in [6, 6.07) is 12.0. The summed E-state index contributed by atoms with van der Waals surface area (Å²) in [6.45, 7) is 13.7. The molecule has 2 radical (unpaired) electrons. The summed E-state index contributed by atoms with van der Waals surface area (Å²) in [4.78, 5) is 61.4. The third kappa shape index (κ3) is 18.6. The fourth-order valence-corrected chi connectivity index (χ4v) is 5.11. The van der Waals surface area contributed by atoms with Gasteiger partial charge in [-0.25, -0.2) is 0 Å². The van der Waals surface area contributed by atoms with Crippen molar-refractivity contribution in [2.45, 2.75) is 84.8 Å². The van der Waals surface area contributed by atoms with Gasteiger partial charge in [-0.1, -0.05) is 12.1 Å². The predicted molar refractivity (Wildman–Crippen MR) is 203 cm³/mol. The molecule has 53 heavy (non-hydrogen) atoms. The smallest absolute Gasteiger partial charge is 0.257 e. The molecule has 0 aliphatic rings. The zero-order chi connectivity index (χ0) is 39.3. The van der Waals surface area contributed by atoms with E-state index in [2.05, 4.69) is 21.3 Å². The van der Waals surface area contributed by atoms with Crippen LogP contribution in [-0.2, 0) is 28.7 Å². The van der Waals surface area contributed by atoms with Gasteiger partial charge >= 0.3 is 0 Å². The molecule has 0 saturated carbocycles. The van der Waals surface area contributed by atoms with E-state index in [-0.39, 0.29) is 79.5 Å². The Bertz CT molecular complexity index is 1480. The van der Waals surface area contributed by atoms with Gasteiger partial charge in [0.15, 0.2) is 13.2 Å². The van der Waals surface area contributed by atoms with Crippen molar-refractivity contribution in [2.24, 2.45) is 0 Å². The van der Waals surface area contributed by atoms with Gasteiger partial charge in [0.25, 0.3) is 17.7 Å². The summed E-state index contributed by atoms with van der Waals surface area (Å²) >= 11 is 0.